The number of nitrogens with one attached hydrogen (secondary N) is 1. The number of halogens is 1. The lowest BCUT2D eigenvalue weighted by molar-refractivity contribution is -0.145. The van der Waals surface area contributed by atoms with Crippen molar-refractivity contribution in [1.82, 2.24) is 15.1 Å². The minimum atomic E-state index is -3.36. The number of hydrogen-bond donors (Lipinski definition) is 1. The molecule has 1 aromatic carbocycles. The van der Waals surface area contributed by atoms with E-state index in [0.29, 0.717) is 17.4 Å². The van der Waals surface area contributed by atoms with Crippen molar-refractivity contribution in [2.24, 2.45) is 4.99 Å². The first-order valence-corrected chi connectivity index (χ1v) is 10.8. The first-order valence-electron chi connectivity index (χ1n) is 9.14. The van der Waals surface area contributed by atoms with Gasteiger partial charge in [-0.25, -0.2) is 8.42 Å². The SMILES string of the molecule is CN=C(NCCS(=O)(=O)c1ccccc1)N1CC(=O)N(C(C)C)C(C)(C)C1.I. The summed E-state index contributed by atoms with van der Waals surface area (Å²) in [4.78, 5) is 20.9. The number of nitrogens with zero attached hydrogens (tertiary/aromatic N) is 3. The van der Waals surface area contributed by atoms with Crippen LogP contribution in [-0.2, 0) is 14.6 Å². The minimum Gasteiger partial charge on any atom is -0.355 e. The van der Waals surface area contributed by atoms with Crippen LogP contribution < -0.4 is 5.32 Å². The highest BCUT2D eigenvalue weighted by Gasteiger charge is 2.40. The number of benzene rings is 1. The predicted octanol–water partition coefficient (Wildman–Crippen LogP) is 1.98. The molecule has 0 aromatic heterocycles. The van der Waals surface area contributed by atoms with E-state index in [1.54, 1.807) is 37.4 Å². The molecule has 1 saturated heterocycles. The van der Waals surface area contributed by atoms with Gasteiger partial charge in [0.25, 0.3) is 0 Å². The predicted molar refractivity (Wildman–Crippen MR) is 123 cm³/mol. The lowest BCUT2D eigenvalue weighted by Gasteiger charge is -2.49. The number of amides is 1. The maximum atomic E-state index is 12.6. The van der Waals surface area contributed by atoms with E-state index in [4.69, 9.17) is 0 Å². The molecule has 1 aliphatic heterocycles. The van der Waals surface area contributed by atoms with E-state index in [9.17, 15) is 13.2 Å². The van der Waals surface area contributed by atoms with Crippen molar-refractivity contribution in [1.29, 1.82) is 0 Å². The maximum absolute atomic E-state index is 12.6. The highest BCUT2D eigenvalue weighted by Crippen LogP contribution is 2.24. The van der Waals surface area contributed by atoms with Crippen LogP contribution in [0.15, 0.2) is 40.2 Å². The molecule has 1 heterocycles. The molecule has 1 aromatic rings. The van der Waals surface area contributed by atoms with Crippen molar-refractivity contribution in [3.63, 3.8) is 0 Å². The number of sulfone groups is 1. The van der Waals surface area contributed by atoms with Crippen LogP contribution in [0, 0.1) is 0 Å². The zero-order valence-electron chi connectivity index (χ0n) is 17.2. The van der Waals surface area contributed by atoms with Crippen LogP contribution in [0.5, 0.6) is 0 Å². The van der Waals surface area contributed by atoms with Crippen LogP contribution >= 0.6 is 24.0 Å². The average Bonchev–Trinajstić information content (AvgIpc) is 2.57. The third-order valence-electron chi connectivity index (χ3n) is 4.61. The van der Waals surface area contributed by atoms with Crippen LogP contribution in [0.25, 0.3) is 0 Å². The Hall–Kier alpha value is -1.36. The molecule has 0 aliphatic carbocycles. The van der Waals surface area contributed by atoms with Gasteiger partial charge in [-0.3, -0.25) is 9.79 Å². The number of guanidine groups is 1. The second-order valence-electron chi connectivity index (χ2n) is 7.63. The van der Waals surface area contributed by atoms with Gasteiger partial charge in [-0.05, 0) is 39.8 Å². The third-order valence-corrected chi connectivity index (χ3v) is 6.34. The van der Waals surface area contributed by atoms with Gasteiger partial charge in [0, 0.05) is 26.2 Å². The normalized spacial score (nSPS) is 17.5. The van der Waals surface area contributed by atoms with Crippen molar-refractivity contribution in [2.45, 2.75) is 44.2 Å². The second-order valence-corrected chi connectivity index (χ2v) is 9.74. The van der Waals surface area contributed by atoms with Gasteiger partial charge in [0.1, 0.15) is 0 Å². The molecule has 9 heteroatoms. The fourth-order valence-corrected chi connectivity index (χ4v) is 4.87. The van der Waals surface area contributed by atoms with Crippen molar-refractivity contribution in [3.05, 3.63) is 30.3 Å². The fraction of sp³-hybridized carbons (Fsp3) is 0.579. The Morgan fingerprint density at radius 1 is 1.25 bits per heavy atom. The first kappa shape index (κ1) is 24.7. The molecule has 0 bridgehead atoms. The van der Waals surface area contributed by atoms with Gasteiger partial charge in [0.05, 0.1) is 22.7 Å². The standard InChI is InChI=1S/C19H30N4O3S.HI/c1-15(2)23-17(24)13-22(14-19(23,3)4)18(20-5)21-11-12-27(25,26)16-9-7-6-8-10-16;/h6-10,15H,11-14H2,1-5H3,(H,20,21);1H. The second kappa shape index (κ2) is 9.91. The van der Waals surface area contributed by atoms with Gasteiger partial charge in [-0.1, -0.05) is 18.2 Å². The monoisotopic (exact) mass is 522 g/mol. The fourth-order valence-electron chi connectivity index (χ4n) is 3.69. The molecule has 7 nitrogen and oxygen atoms in total. The summed E-state index contributed by atoms with van der Waals surface area (Å²) in [5, 5.41) is 3.09. The van der Waals surface area contributed by atoms with Crippen LogP contribution in [0.4, 0.5) is 0 Å². The molecule has 1 amide bonds. The van der Waals surface area contributed by atoms with Crippen LogP contribution in [0.2, 0.25) is 0 Å². The Labute approximate surface area is 185 Å². The van der Waals surface area contributed by atoms with Crippen molar-refractivity contribution in [2.75, 3.05) is 32.4 Å². The molecular weight excluding hydrogens is 491 g/mol. The number of hydrogen-bond acceptors (Lipinski definition) is 4. The highest BCUT2D eigenvalue weighted by atomic mass is 127. The van der Waals surface area contributed by atoms with Crippen molar-refractivity contribution >= 4 is 45.7 Å². The number of aliphatic imine (C=N–C) groups is 1. The van der Waals surface area contributed by atoms with Crippen LogP contribution in [-0.4, -0.2) is 74.1 Å². The molecule has 0 spiro atoms. The van der Waals surface area contributed by atoms with Gasteiger partial charge in [0.15, 0.2) is 15.8 Å². The highest BCUT2D eigenvalue weighted by molar-refractivity contribution is 14.0. The molecule has 1 N–H and O–H groups in total. The Morgan fingerprint density at radius 2 is 1.86 bits per heavy atom. The van der Waals surface area contributed by atoms with E-state index in [2.05, 4.69) is 10.3 Å². The quantitative estimate of drug-likeness (QED) is 0.364. The van der Waals surface area contributed by atoms with Gasteiger partial charge in [-0.15, -0.1) is 24.0 Å². The summed E-state index contributed by atoms with van der Waals surface area (Å²) in [6.07, 6.45) is 0. The Morgan fingerprint density at radius 3 is 2.36 bits per heavy atom. The van der Waals surface area contributed by atoms with Gasteiger partial charge in [0.2, 0.25) is 5.91 Å². The molecular formula is C19H31IN4O3S. The summed E-state index contributed by atoms with van der Waals surface area (Å²) in [7, 11) is -1.72. The zero-order valence-corrected chi connectivity index (χ0v) is 20.3. The van der Waals surface area contributed by atoms with E-state index in [1.807, 2.05) is 37.5 Å². The Kier molecular flexibility index (Phi) is 8.73. The van der Waals surface area contributed by atoms with E-state index in [0.717, 1.165) is 0 Å². The van der Waals surface area contributed by atoms with Crippen LogP contribution in [0.3, 0.4) is 0 Å². The lowest BCUT2D eigenvalue weighted by Crippen LogP contribution is -2.66. The van der Waals surface area contributed by atoms with Gasteiger partial charge in [-0.2, -0.15) is 0 Å². The average molecular weight is 522 g/mol. The topological polar surface area (TPSA) is 82.1 Å². The summed E-state index contributed by atoms with van der Waals surface area (Å²) in [5.41, 5.74) is -0.336. The van der Waals surface area contributed by atoms with Gasteiger partial charge < -0.3 is 15.1 Å². The number of piperazine rings is 1. The Balaban J connectivity index is 0.00000392. The molecule has 0 saturated carbocycles. The number of rotatable bonds is 5. The van der Waals surface area contributed by atoms with E-state index >= 15 is 0 Å². The van der Waals surface area contributed by atoms with E-state index in [-0.39, 0.29) is 60.3 Å². The molecule has 2 rings (SSSR count). The van der Waals surface area contributed by atoms with E-state index in [1.165, 1.54) is 0 Å². The smallest absolute Gasteiger partial charge is 0.242 e. The number of carbonyl (C=O) groups is 1. The number of carbonyl (C=O) groups excluding carboxylic acids is 1. The molecule has 0 atom stereocenters. The zero-order chi connectivity index (χ0) is 20.2. The van der Waals surface area contributed by atoms with Crippen molar-refractivity contribution in [3.8, 4) is 0 Å². The molecule has 1 aliphatic rings. The molecule has 1 fully saturated rings. The molecule has 0 radical (unpaired) electrons. The minimum absolute atomic E-state index is 0. The van der Waals surface area contributed by atoms with Crippen molar-refractivity contribution < 1.29 is 13.2 Å². The largest absolute Gasteiger partial charge is 0.355 e. The summed E-state index contributed by atoms with van der Waals surface area (Å²) in [5.74, 6) is 0.545. The van der Waals surface area contributed by atoms with Gasteiger partial charge >= 0.3 is 0 Å². The summed E-state index contributed by atoms with van der Waals surface area (Å²) in [6, 6.07) is 8.52. The first-order chi connectivity index (χ1) is 12.6. The molecule has 28 heavy (non-hydrogen) atoms. The maximum Gasteiger partial charge on any atom is 0.242 e. The summed E-state index contributed by atoms with van der Waals surface area (Å²) in [6.45, 7) is 9.17. The summed E-state index contributed by atoms with van der Waals surface area (Å²) < 4.78 is 24.8. The lowest BCUT2D eigenvalue weighted by atomic mass is 9.96. The van der Waals surface area contributed by atoms with Crippen LogP contribution in [0.1, 0.15) is 27.7 Å². The summed E-state index contributed by atoms with van der Waals surface area (Å²) >= 11 is 0. The van der Waals surface area contributed by atoms with E-state index < -0.39 is 9.84 Å². The Bertz CT molecular complexity index is 795. The molecule has 158 valence electrons. The third kappa shape index (κ3) is 5.82. The molecule has 0 unspecified atom stereocenters.